The van der Waals surface area contributed by atoms with Gasteiger partial charge in [-0.1, -0.05) is 0 Å². The van der Waals surface area contributed by atoms with Gasteiger partial charge >= 0.3 is 33.0 Å². The molecule has 0 aliphatic rings. The molecular weight excluding hydrogens is 283 g/mol. The Kier molecular flexibility index (Phi) is 6.20. The molecule has 0 bridgehead atoms. The molecule has 0 amide bonds. The zero-order valence-electron chi connectivity index (χ0n) is 11.3. The Morgan fingerprint density at radius 3 is 1.17 bits per heavy atom. The molecule has 0 aliphatic carbocycles. The zero-order chi connectivity index (χ0) is 15.3. The van der Waals surface area contributed by atoms with Crippen molar-refractivity contribution in [3.8, 4) is 0 Å². The Morgan fingerprint density at radius 1 is 0.889 bits per heavy atom. The van der Waals surface area contributed by atoms with Crippen molar-refractivity contribution in [2.24, 2.45) is 0 Å². The van der Waals surface area contributed by atoms with Crippen molar-refractivity contribution in [3.63, 3.8) is 0 Å². The van der Waals surface area contributed by atoms with Gasteiger partial charge in [0.25, 0.3) is 0 Å². The quantitative estimate of drug-likeness (QED) is 0.292. The third-order valence-electron chi connectivity index (χ3n) is 3.00. The van der Waals surface area contributed by atoms with Crippen LogP contribution in [0.5, 0.6) is 0 Å². The van der Waals surface area contributed by atoms with Gasteiger partial charge in [-0.25, -0.2) is 0 Å². The number of hydrogen-bond acceptors (Lipinski definition) is 1. The third-order valence-corrected chi connectivity index (χ3v) is 3.00. The second-order valence-corrected chi connectivity index (χ2v) is 5.88. The van der Waals surface area contributed by atoms with Gasteiger partial charge in [-0.15, -0.1) is 0 Å². The summed E-state index contributed by atoms with van der Waals surface area (Å²) < 4.78 is 65.6. The van der Waals surface area contributed by atoms with E-state index in [-0.39, 0.29) is 0 Å². The van der Waals surface area contributed by atoms with Gasteiger partial charge in [0.05, 0.1) is 19.6 Å². The molecule has 0 aromatic carbocycles. The van der Waals surface area contributed by atoms with Crippen molar-refractivity contribution in [1.29, 1.82) is 0 Å². The van der Waals surface area contributed by atoms with Crippen molar-refractivity contribution < 1.29 is 34.4 Å². The molecular formula is C9H22F6NOP. The van der Waals surface area contributed by atoms with E-state index >= 15 is 0 Å². The van der Waals surface area contributed by atoms with Gasteiger partial charge in [0, 0.05) is 14.0 Å². The van der Waals surface area contributed by atoms with Crippen molar-refractivity contribution in [2.75, 3.05) is 26.7 Å². The molecule has 0 saturated carbocycles. The number of nitrogens with zero attached hydrogens (tertiary/aromatic N) is 1. The summed E-state index contributed by atoms with van der Waals surface area (Å²) in [7, 11) is -8.87. The topological polar surface area (TPSA) is 9.23 Å². The molecule has 2 nitrogen and oxygen atoms in total. The number of methoxy groups -OCH3 is 1. The van der Waals surface area contributed by atoms with Gasteiger partial charge in [0.15, 0.2) is 6.23 Å². The van der Waals surface area contributed by atoms with Crippen LogP contribution in [0.15, 0.2) is 0 Å². The van der Waals surface area contributed by atoms with Gasteiger partial charge < -0.3 is 4.74 Å². The first-order valence-corrected chi connectivity index (χ1v) is 7.59. The van der Waals surface area contributed by atoms with Crippen LogP contribution in [-0.4, -0.2) is 37.5 Å². The average molecular weight is 305 g/mol. The Labute approximate surface area is 104 Å². The summed E-state index contributed by atoms with van der Waals surface area (Å²) in [6, 6.07) is 0. The molecule has 1 unspecified atom stereocenters. The van der Waals surface area contributed by atoms with Gasteiger partial charge in [0.1, 0.15) is 0 Å². The fraction of sp³-hybridized carbons (Fsp3) is 1.00. The molecule has 0 aromatic rings. The fourth-order valence-electron chi connectivity index (χ4n) is 1.67. The molecule has 0 aromatic heterocycles. The molecule has 0 heterocycles. The number of quaternary nitrogens is 1. The number of hydrogen-bond donors (Lipinski definition) is 0. The van der Waals surface area contributed by atoms with Crippen molar-refractivity contribution in [3.05, 3.63) is 0 Å². The SMILES string of the molecule is CC[N+](CC)(CC)C(C)OC.F[P-](F)(F)(F)(F)F. The van der Waals surface area contributed by atoms with E-state index in [9.17, 15) is 25.2 Å². The predicted molar refractivity (Wildman–Crippen MR) is 61.9 cm³/mol. The van der Waals surface area contributed by atoms with Crippen LogP contribution in [0.1, 0.15) is 27.7 Å². The first kappa shape index (κ1) is 20.3. The molecule has 18 heavy (non-hydrogen) atoms. The minimum atomic E-state index is -10.7. The maximum absolute atomic E-state index is 10.7. The summed E-state index contributed by atoms with van der Waals surface area (Å²) in [5.41, 5.74) is 0. The summed E-state index contributed by atoms with van der Waals surface area (Å²) in [5.74, 6) is 0. The van der Waals surface area contributed by atoms with Crippen LogP contribution < -0.4 is 0 Å². The molecule has 0 aliphatic heterocycles. The van der Waals surface area contributed by atoms with Crippen molar-refractivity contribution >= 4 is 7.81 Å². The van der Waals surface area contributed by atoms with E-state index in [4.69, 9.17) is 4.74 Å². The molecule has 0 fully saturated rings. The van der Waals surface area contributed by atoms with Gasteiger partial charge in [-0.05, 0) is 20.8 Å². The van der Waals surface area contributed by atoms with Crippen LogP contribution >= 0.6 is 7.81 Å². The molecule has 0 spiro atoms. The summed E-state index contributed by atoms with van der Waals surface area (Å²) >= 11 is 0. The van der Waals surface area contributed by atoms with E-state index in [0.29, 0.717) is 6.23 Å². The van der Waals surface area contributed by atoms with E-state index in [2.05, 4.69) is 27.7 Å². The molecule has 0 radical (unpaired) electrons. The van der Waals surface area contributed by atoms with Crippen LogP contribution in [0.25, 0.3) is 0 Å². The molecule has 0 N–H and O–H groups in total. The Balaban J connectivity index is 0. The molecule has 0 saturated heterocycles. The van der Waals surface area contributed by atoms with E-state index in [1.54, 1.807) is 7.11 Å². The van der Waals surface area contributed by atoms with E-state index in [1.165, 1.54) is 0 Å². The second kappa shape index (κ2) is 5.51. The van der Waals surface area contributed by atoms with Gasteiger partial charge in [-0.3, -0.25) is 4.48 Å². The molecule has 0 rings (SSSR count). The van der Waals surface area contributed by atoms with Crippen LogP contribution in [0.4, 0.5) is 25.2 Å². The minimum absolute atomic E-state index is 0.329. The maximum atomic E-state index is 9.87. The number of rotatable bonds is 5. The first-order chi connectivity index (χ1) is 7.61. The summed E-state index contributed by atoms with van der Waals surface area (Å²) in [6.45, 7) is 12.3. The zero-order valence-corrected chi connectivity index (χ0v) is 12.2. The van der Waals surface area contributed by atoms with Crippen LogP contribution in [0.3, 0.4) is 0 Å². The van der Waals surface area contributed by atoms with Crippen LogP contribution in [-0.2, 0) is 4.74 Å². The van der Waals surface area contributed by atoms with E-state index < -0.39 is 7.81 Å². The molecule has 116 valence electrons. The fourth-order valence-corrected chi connectivity index (χ4v) is 1.67. The Bertz CT molecular complexity index is 227. The van der Waals surface area contributed by atoms with E-state index in [0.717, 1.165) is 24.1 Å². The van der Waals surface area contributed by atoms with Crippen molar-refractivity contribution in [1.82, 2.24) is 0 Å². The third kappa shape index (κ3) is 12.4. The summed E-state index contributed by atoms with van der Waals surface area (Å²) in [6.07, 6.45) is 0.329. The van der Waals surface area contributed by atoms with Crippen molar-refractivity contribution in [2.45, 2.75) is 33.9 Å². The monoisotopic (exact) mass is 305 g/mol. The molecule has 1 atom stereocenters. The van der Waals surface area contributed by atoms with Crippen LogP contribution in [0, 0.1) is 0 Å². The predicted octanol–water partition coefficient (Wildman–Crippen LogP) is 5.24. The number of halogens is 6. The Hall–Kier alpha value is -0.0700. The van der Waals surface area contributed by atoms with Gasteiger partial charge in [-0.2, -0.15) is 0 Å². The second-order valence-electron chi connectivity index (χ2n) is 3.96. The standard InChI is InChI=1S/C9H22NO.F6P/c1-6-10(7-2,8-3)9(4)11-5;1-7(2,3,4,5)6/h9H,6-8H2,1-5H3;/q+1;-1. The summed E-state index contributed by atoms with van der Waals surface area (Å²) in [4.78, 5) is 0. The molecule has 9 heteroatoms. The Morgan fingerprint density at radius 2 is 1.11 bits per heavy atom. The van der Waals surface area contributed by atoms with Crippen LogP contribution in [0.2, 0.25) is 0 Å². The summed E-state index contributed by atoms with van der Waals surface area (Å²) in [5, 5.41) is 0. The van der Waals surface area contributed by atoms with E-state index in [1.807, 2.05) is 0 Å². The normalized spacial score (nSPS) is 18.2. The average Bonchev–Trinajstić information content (AvgIpc) is 2.16. The first-order valence-electron chi connectivity index (χ1n) is 5.56. The number of ether oxygens (including phenoxy) is 1. The van der Waals surface area contributed by atoms with Gasteiger partial charge in [0.2, 0.25) is 0 Å².